The number of aldehydes is 1. The Labute approximate surface area is 68.7 Å². The standard InChI is InChI=1S/C9H17NO/c1-4-5-6-7-9(2,8-11)10-3/h4,8,10H,1,5-7H2,2-3H3/t9-/m0/s1. The summed E-state index contributed by atoms with van der Waals surface area (Å²) in [6, 6.07) is 0. The van der Waals surface area contributed by atoms with Crippen molar-refractivity contribution in [3.05, 3.63) is 12.7 Å². The molecule has 0 heterocycles. The molecule has 0 bridgehead atoms. The molecule has 11 heavy (non-hydrogen) atoms. The SMILES string of the molecule is C=CCCC[C@@](C)(C=O)NC. The molecule has 1 atom stereocenters. The van der Waals surface area contributed by atoms with Crippen molar-refractivity contribution in [3.8, 4) is 0 Å². The summed E-state index contributed by atoms with van der Waals surface area (Å²) in [5.74, 6) is 0. The zero-order chi connectivity index (χ0) is 8.74. The molecule has 1 N–H and O–H groups in total. The summed E-state index contributed by atoms with van der Waals surface area (Å²) in [6.07, 6.45) is 5.71. The number of unbranched alkanes of at least 4 members (excludes halogenated alkanes) is 1. The lowest BCUT2D eigenvalue weighted by Crippen LogP contribution is -2.41. The lowest BCUT2D eigenvalue weighted by molar-refractivity contribution is -0.112. The zero-order valence-electron chi connectivity index (χ0n) is 7.39. The molecule has 0 spiro atoms. The molecule has 0 aliphatic heterocycles. The number of hydrogen-bond donors (Lipinski definition) is 1. The van der Waals surface area contributed by atoms with Crippen molar-refractivity contribution < 1.29 is 4.79 Å². The van der Waals surface area contributed by atoms with E-state index in [1.807, 2.05) is 20.0 Å². The molecule has 0 aromatic rings. The van der Waals surface area contributed by atoms with Gasteiger partial charge in [-0.05, 0) is 33.2 Å². The summed E-state index contributed by atoms with van der Waals surface area (Å²) in [5.41, 5.74) is -0.344. The minimum absolute atomic E-state index is 0.344. The summed E-state index contributed by atoms with van der Waals surface area (Å²) >= 11 is 0. The van der Waals surface area contributed by atoms with Crippen LogP contribution in [0.3, 0.4) is 0 Å². The van der Waals surface area contributed by atoms with Crippen LogP contribution in [0, 0.1) is 0 Å². The first-order valence-electron chi connectivity index (χ1n) is 3.94. The first-order chi connectivity index (χ1) is 5.18. The maximum absolute atomic E-state index is 10.6. The summed E-state index contributed by atoms with van der Waals surface area (Å²) in [5, 5.41) is 2.98. The van der Waals surface area contributed by atoms with Crippen LogP contribution in [-0.2, 0) is 4.79 Å². The highest BCUT2D eigenvalue weighted by Crippen LogP contribution is 2.10. The molecule has 0 unspecified atom stereocenters. The van der Waals surface area contributed by atoms with Gasteiger partial charge in [0.25, 0.3) is 0 Å². The van der Waals surface area contributed by atoms with Gasteiger partial charge in [-0.3, -0.25) is 0 Å². The maximum Gasteiger partial charge on any atom is 0.139 e. The highest BCUT2D eigenvalue weighted by Gasteiger charge is 2.18. The van der Waals surface area contributed by atoms with Crippen LogP contribution < -0.4 is 5.32 Å². The van der Waals surface area contributed by atoms with Crippen molar-refractivity contribution in [1.82, 2.24) is 5.32 Å². The maximum atomic E-state index is 10.6. The summed E-state index contributed by atoms with van der Waals surface area (Å²) in [6.45, 7) is 5.53. The Bertz CT molecular complexity index is 134. The summed E-state index contributed by atoms with van der Waals surface area (Å²) in [7, 11) is 1.81. The number of allylic oxidation sites excluding steroid dienone is 1. The quantitative estimate of drug-likeness (QED) is 0.358. The molecule has 0 amide bonds. The van der Waals surface area contributed by atoms with Gasteiger partial charge in [0.1, 0.15) is 6.29 Å². The van der Waals surface area contributed by atoms with E-state index in [1.165, 1.54) is 0 Å². The number of rotatable bonds is 6. The van der Waals surface area contributed by atoms with Gasteiger partial charge in [0, 0.05) is 0 Å². The number of hydrogen-bond acceptors (Lipinski definition) is 2. The van der Waals surface area contributed by atoms with Gasteiger partial charge in [-0.25, -0.2) is 0 Å². The van der Waals surface area contributed by atoms with E-state index >= 15 is 0 Å². The second-order valence-corrected chi connectivity index (χ2v) is 2.97. The monoisotopic (exact) mass is 155 g/mol. The fourth-order valence-corrected chi connectivity index (χ4v) is 0.856. The Hall–Kier alpha value is -0.630. The van der Waals surface area contributed by atoms with Gasteiger partial charge in [0.15, 0.2) is 0 Å². The molecule has 0 rings (SSSR count). The summed E-state index contributed by atoms with van der Waals surface area (Å²) in [4.78, 5) is 10.6. The van der Waals surface area contributed by atoms with E-state index < -0.39 is 0 Å². The minimum Gasteiger partial charge on any atom is -0.308 e. The second-order valence-electron chi connectivity index (χ2n) is 2.97. The number of carbonyl (C=O) groups excluding carboxylic acids is 1. The molecular formula is C9H17NO. The third-order valence-electron chi connectivity index (χ3n) is 1.94. The van der Waals surface area contributed by atoms with E-state index in [2.05, 4.69) is 11.9 Å². The Morgan fingerprint density at radius 1 is 1.64 bits per heavy atom. The molecule has 0 saturated carbocycles. The molecule has 0 saturated heterocycles. The van der Waals surface area contributed by atoms with Crippen LogP contribution in [0.15, 0.2) is 12.7 Å². The van der Waals surface area contributed by atoms with Crippen LogP contribution in [0.5, 0.6) is 0 Å². The predicted molar refractivity (Wildman–Crippen MR) is 47.6 cm³/mol. The summed E-state index contributed by atoms with van der Waals surface area (Å²) < 4.78 is 0. The largest absolute Gasteiger partial charge is 0.308 e. The van der Waals surface area contributed by atoms with Gasteiger partial charge >= 0.3 is 0 Å². The lowest BCUT2D eigenvalue weighted by Gasteiger charge is -2.21. The van der Waals surface area contributed by atoms with Crippen LogP contribution in [0.1, 0.15) is 26.2 Å². The van der Waals surface area contributed by atoms with Crippen LogP contribution in [-0.4, -0.2) is 18.9 Å². The normalized spacial score (nSPS) is 15.5. The third-order valence-corrected chi connectivity index (χ3v) is 1.94. The van der Waals surface area contributed by atoms with E-state index in [1.54, 1.807) is 0 Å². The van der Waals surface area contributed by atoms with Crippen molar-refractivity contribution in [2.24, 2.45) is 0 Å². The van der Waals surface area contributed by atoms with Crippen molar-refractivity contribution in [1.29, 1.82) is 0 Å². The molecule has 2 nitrogen and oxygen atoms in total. The van der Waals surface area contributed by atoms with E-state index in [4.69, 9.17) is 0 Å². The highest BCUT2D eigenvalue weighted by molar-refractivity contribution is 5.63. The fraction of sp³-hybridized carbons (Fsp3) is 0.667. The molecule has 0 fully saturated rings. The molecule has 2 heteroatoms. The van der Waals surface area contributed by atoms with Crippen LogP contribution in [0.2, 0.25) is 0 Å². The molecule has 0 aromatic heterocycles. The smallest absolute Gasteiger partial charge is 0.139 e. The van der Waals surface area contributed by atoms with Gasteiger partial charge in [-0.1, -0.05) is 6.08 Å². The molecule has 0 aliphatic rings. The minimum atomic E-state index is -0.344. The number of nitrogens with one attached hydrogen (secondary N) is 1. The third kappa shape index (κ3) is 3.94. The Morgan fingerprint density at radius 2 is 2.27 bits per heavy atom. The van der Waals surface area contributed by atoms with Crippen molar-refractivity contribution in [2.45, 2.75) is 31.7 Å². The molecule has 0 radical (unpaired) electrons. The second kappa shape index (κ2) is 5.08. The van der Waals surface area contributed by atoms with Gasteiger partial charge in [0.2, 0.25) is 0 Å². The van der Waals surface area contributed by atoms with Gasteiger partial charge in [-0.2, -0.15) is 0 Å². The topological polar surface area (TPSA) is 29.1 Å². The van der Waals surface area contributed by atoms with E-state index in [0.717, 1.165) is 25.5 Å². The molecule has 64 valence electrons. The van der Waals surface area contributed by atoms with Gasteiger partial charge < -0.3 is 10.1 Å². The van der Waals surface area contributed by atoms with Crippen molar-refractivity contribution in [2.75, 3.05) is 7.05 Å². The van der Waals surface area contributed by atoms with Crippen LogP contribution in [0.4, 0.5) is 0 Å². The van der Waals surface area contributed by atoms with E-state index in [9.17, 15) is 4.79 Å². The molecule has 0 aliphatic carbocycles. The van der Waals surface area contributed by atoms with Crippen molar-refractivity contribution in [3.63, 3.8) is 0 Å². The molecular weight excluding hydrogens is 138 g/mol. The first-order valence-corrected chi connectivity index (χ1v) is 3.94. The van der Waals surface area contributed by atoms with E-state index in [-0.39, 0.29) is 5.54 Å². The molecule has 0 aromatic carbocycles. The lowest BCUT2D eigenvalue weighted by atomic mass is 9.97. The average molecular weight is 155 g/mol. The Balaban J connectivity index is 3.68. The van der Waals surface area contributed by atoms with Crippen LogP contribution >= 0.6 is 0 Å². The van der Waals surface area contributed by atoms with Crippen LogP contribution in [0.25, 0.3) is 0 Å². The first kappa shape index (κ1) is 10.4. The number of likely N-dealkylation sites (N-methyl/N-ethyl adjacent to an activating group) is 1. The Morgan fingerprint density at radius 3 is 2.64 bits per heavy atom. The highest BCUT2D eigenvalue weighted by atomic mass is 16.1. The fourth-order valence-electron chi connectivity index (χ4n) is 0.856. The van der Waals surface area contributed by atoms with E-state index in [0.29, 0.717) is 0 Å². The Kier molecular flexibility index (Phi) is 4.79. The number of carbonyl (C=O) groups is 1. The predicted octanol–water partition coefficient (Wildman–Crippen LogP) is 1.52. The average Bonchev–Trinajstić information content (AvgIpc) is 2.05. The zero-order valence-corrected chi connectivity index (χ0v) is 7.39. The van der Waals surface area contributed by atoms with Crippen molar-refractivity contribution >= 4 is 6.29 Å². The van der Waals surface area contributed by atoms with Gasteiger partial charge in [0.05, 0.1) is 5.54 Å². The van der Waals surface area contributed by atoms with Gasteiger partial charge in [-0.15, -0.1) is 6.58 Å².